The second-order valence-electron chi connectivity index (χ2n) is 7.17. The molecule has 9 heteroatoms. The topological polar surface area (TPSA) is 101 Å². The van der Waals surface area contributed by atoms with Crippen LogP contribution in [0.1, 0.15) is 23.9 Å². The van der Waals surface area contributed by atoms with E-state index in [1.807, 2.05) is 38.1 Å². The lowest BCUT2D eigenvalue weighted by atomic mass is 10.2. The molecule has 162 valence electrons. The number of rotatable bonds is 7. The number of carbonyl (C=O) groups is 1. The molecule has 0 aliphatic heterocycles. The molecule has 31 heavy (non-hydrogen) atoms. The number of hydrogen-bond acceptors (Lipinski definition) is 6. The number of hydrogen-bond donors (Lipinski definition) is 2. The van der Waals surface area contributed by atoms with Gasteiger partial charge in [0.2, 0.25) is 11.9 Å². The van der Waals surface area contributed by atoms with E-state index in [1.165, 1.54) is 23.9 Å². The van der Waals surface area contributed by atoms with Crippen LogP contribution in [0, 0.1) is 20.8 Å². The number of sulfonamides is 1. The van der Waals surface area contributed by atoms with Crippen LogP contribution in [-0.2, 0) is 14.8 Å². The van der Waals surface area contributed by atoms with E-state index in [4.69, 9.17) is 0 Å². The Morgan fingerprint density at radius 1 is 0.935 bits per heavy atom. The Morgan fingerprint density at radius 3 is 2.10 bits per heavy atom. The minimum absolute atomic E-state index is 0.0248. The van der Waals surface area contributed by atoms with Gasteiger partial charge in [-0.25, -0.2) is 23.1 Å². The molecule has 0 aliphatic carbocycles. The molecule has 1 atom stereocenters. The summed E-state index contributed by atoms with van der Waals surface area (Å²) in [4.78, 5) is 21.8. The fraction of sp³-hybridized carbons (Fsp3) is 0.227. The Kier molecular flexibility index (Phi) is 6.97. The van der Waals surface area contributed by atoms with E-state index in [0.717, 1.165) is 10.5 Å². The van der Waals surface area contributed by atoms with Gasteiger partial charge in [0, 0.05) is 22.0 Å². The van der Waals surface area contributed by atoms with E-state index in [-0.39, 0.29) is 22.0 Å². The summed E-state index contributed by atoms with van der Waals surface area (Å²) in [6, 6.07) is 15.7. The SMILES string of the molecule is Cc1ccc(SC(C)C(=O)Nc2ccc(S(=O)(=O)Nc3nc(C)cc(C)n3)cc2)cc1. The van der Waals surface area contributed by atoms with Gasteiger partial charge in [0.15, 0.2) is 0 Å². The molecule has 0 saturated heterocycles. The number of aryl methyl sites for hydroxylation is 3. The van der Waals surface area contributed by atoms with Crippen LogP contribution in [-0.4, -0.2) is 29.5 Å². The van der Waals surface area contributed by atoms with Crippen molar-refractivity contribution in [1.82, 2.24) is 9.97 Å². The van der Waals surface area contributed by atoms with Crippen molar-refractivity contribution in [3.8, 4) is 0 Å². The zero-order valence-electron chi connectivity index (χ0n) is 17.7. The third-order valence-corrected chi connectivity index (χ3v) is 6.80. The molecule has 0 fully saturated rings. The van der Waals surface area contributed by atoms with E-state index in [1.54, 1.807) is 32.0 Å². The highest BCUT2D eigenvalue weighted by Gasteiger charge is 2.18. The third kappa shape index (κ3) is 6.28. The second kappa shape index (κ2) is 9.49. The summed E-state index contributed by atoms with van der Waals surface area (Å²) < 4.78 is 27.6. The average molecular weight is 457 g/mol. The maximum atomic E-state index is 12.6. The number of nitrogens with one attached hydrogen (secondary N) is 2. The molecule has 0 aliphatic rings. The van der Waals surface area contributed by atoms with Gasteiger partial charge in [-0.1, -0.05) is 17.7 Å². The fourth-order valence-electron chi connectivity index (χ4n) is 2.79. The van der Waals surface area contributed by atoms with Gasteiger partial charge >= 0.3 is 0 Å². The molecule has 1 amide bonds. The van der Waals surface area contributed by atoms with Crippen LogP contribution in [0.25, 0.3) is 0 Å². The lowest BCUT2D eigenvalue weighted by Gasteiger charge is -2.13. The number of aromatic nitrogens is 2. The summed E-state index contributed by atoms with van der Waals surface area (Å²) in [5.41, 5.74) is 3.01. The zero-order valence-corrected chi connectivity index (χ0v) is 19.3. The maximum absolute atomic E-state index is 12.6. The van der Waals surface area contributed by atoms with Gasteiger partial charge in [-0.15, -0.1) is 11.8 Å². The summed E-state index contributed by atoms with van der Waals surface area (Å²) in [6.07, 6.45) is 0. The van der Waals surface area contributed by atoms with Crippen LogP contribution in [0.3, 0.4) is 0 Å². The maximum Gasteiger partial charge on any atom is 0.264 e. The largest absolute Gasteiger partial charge is 0.325 e. The Hall–Kier alpha value is -2.91. The molecule has 2 aromatic carbocycles. The van der Waals surface area contributed by atoms with Crippen molar-refractivity contribution >= 4 is 39.3 Å². The third-order valence-electron chi connectivity index (χ3n) is 4.34. The highest BCUT2D eigenvalue weighted by molar-refractivity contribution is 8.00. The molecule has 0 bridgehead atoms. The molecule has 0 radical (unpaired) electrons. The number of nitrogens with zero attached hydrogens (tertiary/aromatic N) is 2. The number of anilines is 2. The minimum Gasteiger partial charge on any atom is -0.325 e. The summed E-state index contributed by atoms with van der Waals surface area (Å²) >= 11 is 1.46. The van der Waals surface area contributed by atoms with Crippen LogP contribution in [0.15, 0.2) is 64.4 Å². The first-order chi connectivity index (χ1) is 14.6. The van der Waals surface area contributed by atoms with Crippen molar-refractivity contribution in [2.45, 2.75) is 42.7 Å². The van der Waals surface area contributed by atoms with Crippen LogP contribution >= 0.6 is 11.8 Å². The van der Waals surface area contributed by atoms with Crippen molar-refractivity contribution in [3.63, 3.8) is 0 Å². The van der Waals surface area contributed by atoms with Gasteiger partial charge in [-0.2, -0.15) is 0 Å². The Morgan fingerprint density at radius 2 is 1.52 bits per heavy atom. The molecule has 1 aromatic heterocycles. The van der Waals surface area contributed by atoms with E-state index in [9.17, 15) is 13.2 Å². The van der Waals surface area contributed by atoms with E-state index in [2.05, 4.69) is 20.0 Å². The smallest absolute Gasteiger partial charge is 0.264 e. The molecule has 0 spiro atoms. The van der Waals surface area contributed by atoms with E-state index >= 15 is 0 Å². The summed E-state index contributed by atoms with van der Waals surface area (Å²) in [5.74, 6) is -0.139. The number of carbonyl (C=O) groups excluding carboxylic acids is 1. The molecule has 3 rings (SSSR count). The summed E-state index contributed by atoms with van der Waals surface area (Å²) in [5, 5.41) is 2.51. The zero-order chi connectivity index (χ0) is 22.6. The van der Waals surface area contributed by atoms with Crippen molar-refractivity contribution in [2.24, 2.45) is 0 Å². The first-order valence-corrected chi connectivity index (χ1v) is 12.0. The van der Waals surface area contributed by atoms with E-state index < -0.39 is 10.0 Å². The molecule has 1 heterocycles. The number of benzene rings is 2. The lowest BCUT2D eigenvalue weighted by Crippen LogP contribution is -2.22. The average Bonchev–Trinajstić information content (AvgIpc) is 2.69. The molecule has 2 N–H and O–H groups in total. The standard InChI is InChI=1S/C22H24N4O3S2/c1-14-5-9-19(10-6-14)30-17(4)21(27)25-18-7-11-20(12-8-18)31(28,29)26-22-23-15(2)13-16(3)24-22/h5-13,17H,1-4H3,(H,25,27)(H,23,24,26). The van der Waals surface area contributed by atoms with Gasteiger partial charge in [-0.3, -0.25) is 4.79 Å². The van der Waals surface area contributed by atoms with Crippen molar-refractivity contribution in [1.29, 1.82) is 0 Å². The molecular weight excluding hydrogens is 432 g/mol. The van der Waals surface area contributed by atoms with Gasteiger partial charge in [0.05, 0.1) is 10.1 Å². The highest BCUT2D eigenvalue weighted by Crippen LogP contribution is 2.25. The Bertz CT molecular complexity index is 1160. The van der Waals surface area contributed by atoms with Gasteiger partial charge < -0.3 is 5.32 Å². The second-order valence-corrected chi connectivity index (χ2v) is 10.3. The van der Waals surface area contributed by atoms with Gasteiger partial charge in [-0.05, 0) is 70.2 Å². The molecule has 1 unspecified atom stereocenters. The molecule has 0 saturated carbocycles. The first kappa shape index (κ1) is 22.8. The Balaban J connectivity index is 1.64. The first-order valence-electron chi connectivity index (χ1n) is 9.62. The molecule has 7 nitrogen and oxygen atoms in total. The number of thioether (sulfide) groups is 1. The molecular formula is C22H24N4O3S2. The predicted molar refractivity (Wildman–Crippen MR) is 124 cm³/mol. The summed E-state index contributed by atoms with van der Waals surface area (Å²) in [6.45, 7) is 7.37. The predicted octanol–water partition coefficient (Wildman–Crippen LogP) is 4.32. The van der Waals surface area contributed by atoms with Gasteiger partial charge in [0.1, 0.15) is 0 Å². The number of amides is 1. The van der Waals surface area contributed by atoms with Crippen LogP contribution in [0.5, 0.6) is 0 Å². The van der Waals surface area contributed by atoms with Crippen LogP contribution in [0.4, 0.5) is 11.6 Å². The quantitative estimate of drug-likeness (QED) is 0.514. The van der Waals surface area contributed by atoms with Crippen LogP contribution in [0.2, 0.25) is 0 Å². The van der Waals surface area contributed by atoms with Crippen molar-refractivity contribution < 1.29 is 13.2 Å². The Labute approximate surface area is 186 Å². The molecule has 3 aromatic rings. The van der Waals surface area contributed by atoms with E-state index in [0.29, 0.717) is 17.1 Å². The van der Waals surface area contributed by atoms with Crippen molar-refractivity contribution in [3.05, 3.63) is 71.5 Å². The normalized spacial score (nSPS) is 12.3. The lowest BCUT2D eigenvalue weighted by molar-refractivity contribution is -0.115. The minimum atomic E-state index is -3.84. The monoisotopic (exact) mass is 456 g/mol. The summed E-state index contributed by atoms with van der Waals surface area (Å²) in [7, 11) is -3.84. The highest BCUT2D eigenvalue weighted by atomic mass is 32.2. The van der Waals surface area contributed by atoms with Gasteiger partial charge in [0.25, 0.3) is 10.0 Å². The fourth-order valence-corrected chi connectivity index (χ4v) is 4.60. The van der Waals surface area contributed by atoms with Crippen LogP contribution < -0.4 is 10.0 Å². The van der Waals surface area contributed by atoms with Crippen molar-refractivity contribution in [2.75, 3.05) is 10.0 Å².